The number of hydrogen-bond acceptors (Lipinski definition) is 8. The molecule has 5 aromatic rings. The molecule has 2 aliphatic heterocycles. The van der Waals surface area contributed by atoms with Gasteiger partial charge in [-0.3, -0.25) is 9.20 Å². The number of nitrogens with zero attached hydrogens (tertiary/aromatic N) is 5. The molecule has 2 aliphatic rings. The van der Waals surface area contributed by atoms with Crippen LogP contribution in [0.2, 0.25) is 0 Å². The molecule has 10 nitrogen and oxygen atoms in total. The molecule has 38 heavy (non-hydrogen) atoms. The minimum atomic E-state index is -0.110. The number of furan rings is 1. The molecule has 1 aromatic carbocycles. The molecular weight excluding hydrogens is 482 g/mol. The fourth-order valence-electron chi connectivity index (χ4n) is 5.57. The number of aromatic nitrogens is 4. The number of imidazole rings is 1. The number of fused-ring (bicyclic) bond motifs is 4. The van der Waals surface area contributed by atoms with Crippen LogP contribution in [0.15, 0.2) is 53.4 Å². The molecule has 1 saturated heterocycles. The molecule has 0 spiro atoms. The van der Waals surface area contributed by atoms with E-state index < -0.39 is 0 Å². The van der Waals surface area contributed by atoms with Gasteiger partial charge in [0, 0.05) is 37.2 Å². The summed E-state index contributed by atoms with van der Waals surface area (Å²) >= 11 is 0. The van der Waals surface area contributed by atoms with Crippen LogP contribution >= 0.6 is 0 Å². The predicted octanol–water partition coefficient (Wildman–Crippen LogP) is 4.09. The van der Waals surface area contributed by atoms with E-state index in [1.54, 1.807) is 12.5 Å². The lowest BCUT2D eigenvalue weighted by molar-refractivity contribution is 0.0966. The van der Waals surface area contributed by atoms with Crippen molar-refractivity contribution in [1.29, 1.82) is 0 Å². The fraction of sp³-hybridized carbons (Fsp3) is 0.286. The van der Waals surface area contributed by atoms with Crippen LogP contribution in [0.1, 0.15) is 39.5 Å². The van der Waals surface area contributed by atoms with Gasteiger partial charge in [-0.15, -0.1) is 0 Å². The van der Waals surface area contributed by atoms with Gasteiger partial charge in [0.1, 0.15) is 11.3 Å². The first-order valence-electron chi connectivity index (χ1n) is 12.7. The lowest BCUT2D eigenvalue weighted by Gasteiger charge is -2.19. The summed E-state index contributed by atoms with van der Waals surface area (Å²) in [5.74, 6) is 0.963. The predicted molar refractivity (Wildman–Crippen MR) is 142 cm³/mol. The van der Waals surface area contributed by atoms with Crippen LogP contribution in [0.5, 0.6) is 0 Å². The molecule has 0 aliphatic carbocycles. The molecule has 4 aromatic heterocycles. The van der Waals surface area contributed by atoms with E-state index in [4.69, 9.17) is 14.1 Å². The van der Waals surface area contributed by atoms with Gasteiger partial charge in [0.15, 0.2) is 5.65 Å². The van der Waals surface area contributed by atoms with Crippen LogP contribution < -0.4 is 10.6 Å². The minimum absolute atomic E-state index is 0.110. The molecule has 0 unspecified atom stereocenters. The zero-order valence-electron chi connectivity index (χ0n) is 21.2. The molecule has 0 saturated carbocycles. The molecule has 7 rings (SSSR count). The Labute approximate surface area is 218 Å². The summed E-state index contributed by atoms with van der Waals surface area (Å²) in [5, 5.41) is 6.43. The first-order valence-corrected chi connectivity index (χ1v) is 12.7. The highest BCUT2D eigenvalue weighted by molar-refractivity contribution is 6.06. The van der Waals surface area contributed by atoms with E-state index in [0.29, 0.717) is 35.2 Å². The average Bonchev–Trinajstić information content (AvgIpc) is 3.70. The Kier molecular flexibility index (Phi) is 5.38. The summed E-state index contributed by atoms with van der Waals surface area (Å²) in [4.78, 5) is 29.0. The summed E-state index contributed by atoms with van der Waals surface area (Å²) < 4.78 is 13.1. The van der Waals surface area contributed by atoms with E-state index in [0.717, 1.165) is 59.9 Å². The normalized spacial score (nSPS) is 17.0. The maximum atomic E-state index is 13.0. The van der Waals surface area contributed by atoms with Crippen LogP contribution in [0, 0.1) is 0 Å². The Balaban J connectivity index is 1.29. The molecular formula is C28H27N7O3. The van der Waals surface area contributed by atoms with Gasteiger partial charge in [0.25, 0.3) is 5.91 Å². The van der Waals surface area contributed by atoms with Crippen molar-refractivity contribution in [3.05, 3.63) is 71.4 Å². The smallest absolute Gasteiger partial charge is 0.254 e. The zero-order chi connectivity index (χ0) is 25.8. The summed E-state index contributed by atoms with van der Waals surface area (Å²) in [6.07, 6.45) is 6.13. The second kappa shape index (κ2) is 8.93. The molecule has 1 amide bonds. The summed E-state index contributed by atoms with van der Waals surface area (Å²) in [5.41, 5.74) is 8.41. The number of carbonyl (C=O) groups is 1. The number of nitrogens with one attached hydrogen (secondary N) is 2. The van der Waals surface area contributed by atoms with Gasteiger partial charge in [0.05, 0.1) is 47.9 Å². The Morgan fingerprint density at radius 3 is 2.92 bits per heavy atom. The Hall–Kier alpha value is -4.28. The summed E-state index contributed by atoms with van der Waals surface area (Å²) in [7, 11) is 4.08. The van der Waals surface area contributed by atoms with E-state index >= 15 is 0 Å². The van der Waals surface area contributed by atoms with Crippen molar-refractivity contribution in [3.8, 4) is 11.3 Å². The average molecular weight is 510 g/mol. The van der Waals surface area contributed by atoms with Crippen LogP contribution in [0.25, 0.3) is 28.1 Å². The first-order chi connectivity index (χ1) is 18.6. The van der Waals surface area contributed by atoms with Crippen molar-refractivity contribution >= 4 is 34.3 Å². The van der Waals surface area contributed by atoms with Crippen molar-refractivity contribution in [1.82, 2.24) is 29.6 Å². The highest BCUT2D eigenvalue weighted by Gasteiger charge is 2.28. The van der Waals surface area contributed by atoms with Crippen LogP contribution in [0.3, 0.4) is 0 Å². The largest absolute Gasteiger partial charge is 0.445 e. The quantitative estimate of drug-likeness (QED) is 0.352. The first kappa shape index (κ1) is 22.9. The van der Waals surface area contributed by atoms with E-state index in [1.807, 2.05) is 49.0 Å². The highest BCUT2D eigenvalue weighted by Crippen LogP contribution is 2.37. The minimum Gasteiger partial charge on any atom is -0.445 e. The molecule has 192 valence electrons. The van der Waals surface area contributed by atoms with E-state index in [1.165, 1.54) is 5.56 Å². The summed E-state index contributed by atoms with van der Waals surface area (Å²) in [6.45, 7) is 2.68. The fourth-order valence-corrected chi connectivity index (χ4v) is 5.57. The van der Waals surface area contributed by atoms with Crippen LogP contribution in [-0.2, 0) is 17.8 Å². The van der Waals surface area contributed by atoms with E-state index in [-0.39, 0.29) is 5.91 Å². The SMILES string of the molecule is CN(C)Cc1nc(Nc2ccc(-c3cnc4cnc5occc5n34)c3c2C(=O)NC3)ccc1[C@H]1CCOC1. The molecule has 10 heteroatoms. The molecule has 2 N–H and O–H groups in total. The van der Waals surface area contributed by atoms with Crippen molar-refractivity contribution in [2.75, 3.05) is 32.6 Å². The number of pyridine rings is 1. The molecule has 0 radical (unpaired) electrons. The third-order valence-corrected chi connectivity index (χ3v) is 7.30. The third kappa shape index (κ3) is 3.72. The van der Waals surface area contributed by atoms with Crippen molar-refractivity contribution in [2.24, 2.45) is 0 Å². The van der Waals surface area contributed by atoms with Gasteiger partial charge < -0.3 is 24.7 Å². The van der Waals surface area contributed by atoms with Gasteiger partial charge in [0.2, 0.25) is 5.71 Å². The van der Waals surface area contributed by atoms with Crippen LogP contribution in [-0.4, -0.2) is 57.5 Å². The molecule has 1 fully saturated rings. The number of anilines is 2. The van der Waals surface area contributed by atoms with Gasteiger partial charge >= 0.3 is 0 Å². The molecule has 6 heterocycles. The standard InChI is InChI=1S/C28H27N7O3/c1-34(2)14-21-17(16-7-9-37-15-16)4-6-24(33-21)32-20-5-3-18(19-11-30-27(36)26(19)20)23-12-29-25-13-31-28-22(35(23)25)8-10-38-28/h3-6,8,10,12-13,16H,7,9,11,14-15H2,1-2H3,(H,30,36)(H,32,33)/t16-/m0/s1. The lowest BCUT2D eigenvalue weighted by atomic mass is 9.96. The monoisotopic (exact) mass is 509 g/mol. The molecule has 1 atom stereocenters. The van der Waals surface area contributed by atoms with Crippen molar-refractivity contribution in [3.63, 3.8) is 0 Å². The number of benzene rings is 1. The second-order valence-corrected chi connectivity index (χ2v) is 10.1. The third-order valence-electron chi connectivity index (χ3n) is 7.30. The topological polar surface area (TPSA) is 110 Å². The number of rotatable bonds is 6. The second-order valence-electron chi connectivity index (χ2n) is 10.1. The summed E-state index contributed by atoms with van der Waals surface area (Å²) in [6, 6.07) is 9.98. The maximum absolute atomic E-state index is 13.0. The Bertz CT molecular complexity index is 1700. The Morgan fingerprint density at radius 2 is 2.08 bits per heavy atom. The zero-order valence-corrected chi connectivity index (χ0v) is 21.2. The highest BCUT2D eigenvalue weighted by atomic mass is 16.5. The van der Waals surface area contributed by atoms with Crippen LogP contribution in [0.4, 0.5) is 11.5 Å². The Morgan fingerprint density at radius 1 is 1.16 bits per heavy atom. The van der Waals surface area contributed by atoms with Crippen molar-refractivity contribution in [2.45, 2.75) is 25.4 Å². The lowest BCUT2D eigenvalue weighted by Crippen LogP contribution is -2.16. The number of ether oxygens (including phenoxy) is 1. The van der Waals surface area contributed by atoms with Gasteiger partial charge in [-0.25, -0.2) is 15.0 Å². The molecule has 0 bridgehead atoms. The number of amides is 1. The van der Waals surface area contributed by atoms with Gasteiger partial charge in [-0.2, -0.15) is 0 Å². The van der Waals surface area contributed by atoms with E-state index in [2.05, 4.69) is 31.6 Å². The van der Waals surface area contributed by atoms with Gasteiger partial charge in [-0.1, -0.05) is 12.1 Å². The van der Waals surface area contributed by atoms with E-state index in [9.17, 15) is 4.79 Å². The van der Waals surface area contributed by atoms with Crippen molar-refractivity contribution < 1.29 is 13.9 Å². The number of carbonyl (C=O) groups excluding carboxylic acids is 1. The maximum Gasteiger partial charge on any atom is 0.254 e. The van der Waals surface area contributed by atoms with Gasteiger partial charge in [-0.05, 0) is 43.8 Å². The number of hydrogen-bond donors (Lipinski definition) is 2.